The Bertz CT molecular complexity index is 249. The number of rotatable bonds is 3. The van der Waals surface area contributed by atoms with E-state index >= 15 is 0 Å². The second-order valence-electron chi connectivity index (χ2n) is 2.89. The van der Waals surface area contributed by atoms with Crippen LogP contribution in [0.3, 0.4) is 0 Å². The molecule has 0 aliphatic carbocycles. The first-order chi connectivity index (χ1) is 6.56. The average molecular weight is 226 g/mol. The summed E-state index contributed by atoms with van der Waals surface area (Å²) < 4.78 is 27.4. The van der Waals surface area contributed by atoms with Gasteiger partial charge in [-0.05, 0) is 0 Å². The zero-order valence-electron chi connectivity index (χ0n) is 7.11. The fourth-order valence-electron chi connectivity index (χ4n) is 1.16. The van der Waals surface area contributed by atoms with Gasteiger partial charge in [-0.25, -0.2) is 13.1 Å². The van der Waals surface area contributed by atoms with Crippen LogP contribution < -0.4 is 4.72 Å². The Morgan fingerprint density at radius 3 is 2.50 bits per heavy atom. The van der Waals surface area contributed by atoms with Crippen molar-refractivity contribution in [2.45, 2.75) is 24.4 Å². The maximum absolute atomic E-state index is 10.3. The number of nitrogens with one attached hydrogen (secondary N) is 1. The third-order valence-electron chi connectivity index (χ3n) is 1.93. The van der Waals surface area contributed by atoms with Crippen molar-refractivity contribution in [2.24, 2.45) is 0 Å². The predicted molar refractivity (Wildman–Crippen MR) is 45.5 cm³/mol. The minimum atomic E-state index is -2.88. The van der Waals surface area contributed by atoms with Crippen molar-refractivity contribution >= 4 is 10.9 Å². The SMILES string of the molecule is O=[SH](=O)N[C@H]1[CH]O[C@H](CO)[C@@H](O)[C@@H]1O. The Balaban J connectivity index is 2.59. The molecule has 0 saturated carbocycles. The highest BCUT2D eigenvalue weighted by Gasteiger charge is 2.38. The average Bonchev–Trinajstić information content (AvgIpc) is 2.13. The molecular weight excluding hydrogens is 214 g/mol. The van der Waals surface area contributed by atoms with Gasteiger partial charge in [0.25, 0.3) is 0 Å². The second kappa shape index (κ2) is 5.01. The molecule has 4 N–H and O–H groups in total. The molecular formula is C6H12NO6S. The van der Waals surface area contributed by atoms with E-state index in [1.165, 1.54) is 0 Å². The van der Waals surface area contributed by atoms with Gasteiger partial charge in [-0.15, -0.1) is 0 Å². The van der Waals surface area contributed by atoms with Crippen molar-refractivity contribution in [3.8, 4) is 0 Å². The van der Waals surface area contributed by atoms with E-state index in [0.717, 1.165) is 6.61 Å². The summed E-state index contributed by atoms with van der Waals surface area (Å²) in [6.07, 6.45) is -3.57. The molecule has 1 rings (SSSR count). The lowest BCUT2D eigenvalue weighted by Gasteiger charge is -2.35. The maximum Gasteiger partial charge on any atom is 0.201 e. The molecule has 4 atom stereocenters. The standard InChI is InChI=1S/C6H12NO6S/c8-1-4-6(10)5(9)3(2-13-4)7-14(11)12/h2-6,8-10,14H,1H2,(H,7,11,12)/t3-,4+,5+,6+/m0/s1. The molecule has 1 fully saturated rings. The number of aliphatic hydroxyl groups is 3. The number of thiol groups is 1. The van der Waals surface area contributed by atoms with E-state index in [2.05, 4.69) is 0 Å². The molecule has 14 heavy (non-hydrogen) atoms. The van der Waals surface area contributed by atoms with Gasteiger partial charge in [0.05, 0.1) is 12.6 Å². The highest BCUT2D eigenvalue weighted by Crippen LogP contribution is 2.17. The zero-order valence-corrected chi connectivity index (χ0v) is 8.00. The van der Waals surface area contributed by atoms with E-state index in [9.17, 15) is 18.6 Å². The summed E-state index contributed by atoms with van der Waals surface area (Å²) in [4.78, 5) is 0. The third-order valence-corrected chi connectivity index (χ3v) is 2.44. The van der Waals surface area contributed by atoms with Gasteiger partial charge in [0, 0.05) is 0 Å². The largest absolute Gasteiger partial charge is 0.394 e. The minimum Gasteiger partial charge on any atom is -0.394 e. The van der Waals surface area contributed by atoms with Crippen LogP contribution in [0.5, 0.6) is 0 Å². The number of hydrogen-bond acceptors (Lipinski definition) is 6. The van der Waals surface area contributed by atoms with Crippen LogP contribution in [0.15, 0.2) is 0 Å². The molecule has 1 aliphatic rings. The molecule has 0 unspecified atom stereocenters. The summed E-state index contributed by atoms with van der Waals surface area (Å²) in [7, 11) is -2.88. The van der Waals surface area contributed by atoms with Crippen LogP contribution >= 0.6 is 0 Å². The highest BCUT2D eigenvalue weighted by atomic mass is 32.2. The first-order valence-electron chi connectivity index (χ1n) is 3.92. The molecule has 1 saturated heterocycles. The number of aliphatic hydroxyl groups excluding tert-OH is 3. The van der Waals surface area contributed by atoms with E-state index < -0.39 is 41.9 Å². The quantitative estimate of drug-likeness (QED) is 0.323. The summed E-state index contributed by atoms with van der Waals surface area (Å²) in [5, 5.41) is 27.4. The van der Waals surface area contributed by atoms with Crippen LogP contribution in [0.4, 0.5) is 0 Å². The molecule has 7 nitrogen and oxygen atoms in total. The summed E-state index contributed by atoms with van der Waals surface area (Å²) in [6.45, 7) is 0.592. The fourth-order valence-corrected chi connectivity index (χ4v) is 1.62. The van der Waals surface area contributed by atoms with E-state index in [0.29, 0.717) is 0 Å². The summed E-state index contributed by atoms with van der Waals surface area (Å²) in [6, 6.07) is -0.992. The van der Waals surface area contributed by atoms with Gasteiger partial charge in [-0.1, -0.05) is 0 Å². The van der Waals surface area contributed by atoms with Gasteiger partial charge in [-0.3, -0.25) is 0 Å². The van der Waals surface area contributed by atoms with Crippen molar-refractivity contribution < 1.29 is 28.5 Å². The molecule has 1 radical (unpaired) electrons. The van der Waals surface area contributed by atoms with Gasteiger partial charge >= 0.3 is 0 Å². The lowest BCUT2D eigenvalue weighted by molar-refractivity contribution is -0.134. The number of hydrogen-bond donors (Lipinski definition) is 5. The van der Waals surface area contributed by atoms with Crippen LogP contribution in [0.2, 0.25) is 0 Å². The summed E-state index contributed by atoms with van der Waals surface area (Å²) >= 11 is 0. The zero-order chi connectivity index (χ0) is 10.7. The molecule has 0 bridgehead atoms. The van der Waals surface area contributed by atoms with E-state index in [4.69, 9.17) is 9.84 Å². The maximum atomic E-state index is 10.3. The highest BCUT2D eigenvalue weighted by molar-refractivity contribution is 7.70. The van der Waals surface area contributed by atoms with Crippen LogP contribution in [0, 0.1) is 6.61 Å². The monoisotopic (exact) mass is 226 g/mol. The van der Waals surface area contributed by atoms with Gasteiger partial charge in [0.1, 0.15) is 24.9 Å². The molecule has 8 heteroatoms. The van der Waals surface area contributed by atoms with Gasteiger partial charge in [0.15, 0.2) is 0 Å². The Kier molecular flexibility index (Phi) is 4.23. The molecule has 0 aromatic carbocycles. The lowest BCUT2D eigenvalue weighted by atomic mass is 9.99. The first kappa shape index (κ1) is 11.8. The van der Waals surface area contributed by atoms with Crippen molar-refractivity contribution in [1.82, 2.24) is 4.72 Å². The van der Waals surface area contributed by atoms with Crippen LogP contribution in [-0.2, 0) is 15.6 Å². The molecule has 0 amide bonds. The summed E-state index contributed by atoms with van der Waals surface area (Å²) in [5.41, 5.74) is 0. The molecule has 1 aliphatic heterocycles. The fraction of sp³-hybridized carbons (Fsp3) is 0.833. The van der Waals surface area contributed by atoms with Gasteiger partial charge < -0.3 is 20.1 Å². The Morgan fingerprint density at radius 2 is 2.00 bits per heavy atom. The third kappa shape index (κ3) is 2.62. The lowest BCUT2D eigenvalue weighted by Crippen LogP contribution is -2.56. The second-order valence-corrected chi connectivity index (χ2v) is 3.66. The topological polar surface area (TPSA) is 116 Å². The van der Waals surface area contributed by atoms with E-state index in [1.807, 2.05) is 4.72 Å². The Labute approximate surface area is 82.4 Å². The van der Waals surface area contributed by atoms with Crippen LogP contribution in [-0.4, -0.2) is 54.7 Å². The van der Waals surface area contributed by atoms with Crippen LogP contribution in [0.25, 0.3) is 0 Å². The first-order valence-corrected chi connectivity index (χ1v) is 5.10. The van der Waals surface area contributed by atoms with E-state index in [1.54, 1.807) is 0 Å². The molecule has 0 spiro atoms. The molecule has 0 aromatic heterocycles. The van der Waals surface area contributed by atoms with Crippen molar-refractivity contribution in [3.05, 3.63) is 6.61 Å². The van der Waals surface area contributed by atoms with Gasteiger partial charge in [-0.2, -0.15) is 0 Å². The Hall–Kier alpha value is -0.250. The van der Waals surface area contributed by atoms with E-state index in [-0.39, 0.29) is 0 Å². The van der Waals surface area contributed by atoms with Crippen LogP contribution in [0.1, 0.15) is 0 Å². The van der Waals surface area contributed by atoms with Crippen molar-refractivity contribution in [2.75, 3.05) is 6.61 Å². The van der Waals surface area contributed by atoms with Crippen molar-refractivity contribution in [1.29, 1.82) is 0 Å². The number of ether oxygens (including phenoxy) is 1. The normalized spacial score (nSPS) is 38.9. The molecule has 83 valence electrons. The molecule has 0 aromatic rings. The minimum absolute atomic E-state index is 0.453. The Morgan fingerprint density at radius 1 is 1.36 bits per heavy atom. The van der Waals surface area contributed by atoms with Crippen molar-refractivity contribution in [3.63, 3.8) is 0 Å². The smallest absolute Gasteiger partial charge is 0.201 e. The predicted octanol–water partition coefficient (Wildman–Crippen LogP) is -3.25. The molecule has 1 heterocycles. The summed E-state index contributed by atoms with van der Waals surface area (Å²) in [5.74, 6) is 0. The van der Waals surface area contributed by atoms with Gasteiger partial charge in [0.2, 0.25) is 10.9 Å².